The molecule has 3 aromatic rings. The second-order valence-electron chi connectivity index (χ2n) is 8.58. The van der Waals surface area contributed by atoms with Crippen LogP contribution >= 0.6 is 15.9 Å². The first kappa shape index (κ1) is 31.0. The monoisotopic (exact) mass is 637 g/mol. The topological polar surface area (TPSA) is 53.5 Å². The molecule has 2 amide bonds. The molecule has 0 radical (unpaired) electrons. The summed E-state index contributed by atoms with van der Waals surface area (Å²) < 4.78 is 110. The maximum Gasteiger partial charge on any atom is 0.435 e. The van der Waals surface area contributed by atoms with Crippen LogP contribution in [-0.4, -0.2) is 43.2 Å². The lowest BCUT2D eigenvalue weighted by Gasteiger charge is -2.32. The molecule has 0 bridgehead atoms. The average molecular weight is 638 g/mol. The number of aryl methyl sites for hydroxylation is 1. The summed E-state index contributed by atoms with van der Waals surface area (Å²) in [7, 11) is 2.38. The zero-order valence-corrected chi connectivity index (χ0v) is 22.5. The summed E-state index contributed by atoms with van der Waals surface area (Å²) >= 11 is 2.86. The molecule has 214 valence electrons. The summed E-state index contributed by atoms with van der Waals surface area (Å²) in [6.07, 6.45) is -10.2. The number of aromatic nitrogens is 1. The van der Waals surface area contributed by atoms with Gasteiger partial charge in [-0.1, -0.05) is 13.0 Å². The van der Waals surface area contributed by atoms with E-state index in [-0.39, 0.29) is 35.0 Å². The number of amides is 2. The van der Waals surface area contributed by atoms with Crippen LogP contribution in [0.5, 0.6) is 0 Å². The number of nitrogens with zero attached hydrogens (tertiary/aromatic N) is 3. The fourth-order valence-corrected chi connectivity index (χ4v) is 4.77. The predicted molar refractivity (Wildman–Crippen MR) is 135 cm³/mol. The molecule has 0 fully saturated rings. The van der Waals surface area contributed by atoms with Crippen LogP contribution in [0.4, 0.5) is 46.5 Å². The van der Waals surface area contributed by atoms with Crippen molar-refractivity contribution in [3.63, 3.8) is 0 Å². The van der Waals surface area contributed by atoms with E-state index in [9.17, 15) is 40.3 Å². The van der Waals surface area contributed by atoms with Gasteiger partial charge in [0, 0.05) is 36.5 Å². The van der Waals surface area contributed by atoms with Gasteiger partial charge in [-0.15, -0.1) is 0 Å². The number of halogens is 9. The van der Waals surface area contributed by atoms with Gasteiger partial charge in [0.25, 0.3) is 11.8 Å². The summed E-state index contributed by atoms with van der Waals surface area (Å²) in [6.45, 7) is 1.37. The van der Waals surface area contributed by atoms with Gasteiger partial charge in [0.15, 0.2) is 5.82 Å². The molecule has 0 aliphatic carbocycles. The van der Waals surface area contributed by atoms with E-state index in [1.54, 1.807) is 0 Å². The van der Waals surface area contributed by atoms with Crippen molar-refractivity contribution in [2.24, 2.45) is 0 Å². The summed E-state index contributed by atoms with van der Waals surface area (Å²) in [5.41, 5.74) is -8.56. The number of hydrogen-bond donors (Lipinski definition) is 0. The van der Waals surface area contributed by atoms with E-state index < -0.39 is 51.3 Å². The lowest BCUT2D eigenvalue weighted by atomic mass is 9.91. The largest absolute Gasteiger partial charge is 0.435 e. The third-order valence-electron chi connectivity index (χ3n) is 6.13. The van der Waals surface area contributed by atoms with Gasteiger partial charge in [0.05, 0.1) is 22.5 Å². The number of anilines is 2. The molecule has 2 aromatic carbocycles. The number of alkyl halides is 7. The van der Waals surface area contributed by atoms with E-state index in [4.69, 9.17) is 0 Å². The molecule has 0 saturated carbocycles. The zero-order chi connectivity index (χ0) is 30.2. The molecule has 0 atom stereocenters. The minimum absolute atomic E-state index is 0.136. The van der Waals surface area contributed by atoms with Crippen LogP contribution in [0.1, 0.15) is 38.8 Å². The molecule has 40 heavy (non-hydrogen) atoms. The number of pyridine rings is 1. The van der Waals surface area contributed by atoms with Gasteiger partial charge >= 0.3 is 18.0 Å². The highest BCUT2D eigenvalue weighted by molar-refractivity contribution is 9.10. The molecule has 0 aliphatic heterocycles. The molecule has 3 rings (SSSR count). The highest BCUT2D eigenvalue weighted by atomic mass is 79.9. The first-order valence-corrected chi connectivity index (χ1v) is 12.2. The van der Waals surface area contributed by atoms with Gasteiger partial charge in [0.2, 0.25) is 0 Å². The third-order valence-corrected chi connectivity index (χ3v) is 6.73. The maximum absolute atomic E-state index is 15.5. The van der Waals surface area contributed by atoms with Gasteiger partial charge in [-0.05, 0) is 64.3 Å². The summed E-state index contributed by atoms with van der Waals surface area (Å²) in [6, 6.07) is 7.21. The summed E-state index contributed by atoms with van der Waals surface area (Å²) in [4.78, 5) is 31.6. The fourth-order valence-electron chi connectivity index (χ4n) is 4.01. The van der Waals surface area contributed by atoms with E-state index in [2.05, 4.69) is 20.9 Å². The van der Waals surface area contributed by atoms with E-state index >= 15 is 4.39 Å². The molecular weight excluding hydrogens is 618 g/mol. The quantitative estimate of drug-likeness (QED) is 0.265. The van der Waals surface area contributed by atoms with Crippen LogP contribution in [0.2, 0.25) is 0 Å². The Hall–Kier alpha value is -3.55. The molecule has 5 nitrogen and oxygen atoms in total. The highest BCUT2D eigenvalue weighted by Crippen LogP contribution is 2.54. The van der Waals surface area contributed by atoms with E-state index in [0.717, 1.165) is 22.9 Å². The van der Waals surface area contributed by atoms with Crippen LogP contribution in [0.15, 0.2) is 59.3 Å². The fraction of sp³-hybridized carbons (Fsp3) is 0.269. The highest BCUT2D eigenvalue weighted by Gasteiger charge is 2.73. The van der Waals surface area contributed by atoms with Crippen molar-refractivity contribution >= 4 is 39.1 Å². The van der Waals surface area contributed by atoms with Crippen LogP contribution in [0.25, 0.3) is 0 Å². The summed E-state index contributed by atoms with van der Waals surface area (Å²) in [5, 5.41) is 0. The standard InChI is InChI=1S/C26H20BrF8N3O2/c1-4-14-11-16(24(29,25(30,31)32)26(33,34)35)12-18(27)21(14)38(3)23(40)17-8-5-9-19(20(17)28)37(2)22(39)15-7-6-10-36-13-15/h5-13H,4H2,1-3H3. The Balaban J connectivity index is 2.06. The number of hydrogen-bond acceptors (Lipinski definition) is 3. The zero-order valence-electron chi connectivity index (χ0n) is 21.0. The molecule has 0 saturated heterocycles. The smallest absolute Gasteiger partial charge is 0.310 e. The lowest BCUT2D eigenvalue weighted by molar-refractivity contribution is -0.348. The van der Waals surface area contributed by atoms with Gasteiger partial charge < -0.3 is 9.80 Å². The number of carbonyl (C=O) groups excluding carboxylic acids is 2. The number of benzene rings is 2. The molecule has 0 aliphatic rings. The van der Waals surface area contributed by atoms with Crippen molar-refractivity contribution in [2.75, 3.05) is 23.9 Å². The first-order chi connectivity index (χ1) is 18.5. The van der Waals surface area contributed by atoms with Crippen LogP contribution in [0, 0.1) is 5.82 Å². The van der Waals surface area contributed by atoms with Crippen LogP contribution in [-0.2, 0) is 12.1 Å². The predicted octanol–water partition coefficient (Wildman–Crippen LogP) is 7.39. The Morgan fingerprint density at radius 3 is 2.05 bits per heavy atom. The van der Waals surface area contributed by atoms with Crippen molar-refractivity contribution < 1.29 is 44.7 Å². The molecule has 0 spiro atoms. The van der Waals surface area contributed by atoms with Crippen LogP contribution in [0.3, 0.4) is 0 Å². The average Bonchev–Trinajstić information content (AvgIpc) is 2.89. The Morgan fingerprint density at radius 2 is 1.52 bits per heavy atom. The Labute approximate surface area is 231 Å². The van der Waals surface area contributed by atoms with E-state index in [1.165, 1.54) is 50.6 Å². The Kier molecular flexibility index (Phi) is 8.63. The SMILES string of the molecule is CCc1cc(C(F)(C(F)(F)F)C(F)(F)F)cc(Br)c1N(C)C(=O)c1cccc(N(C)C(=O)c2cccnc2)c1F. The van der Waals surface area contributed by atoms with Crippen molar-refractivity contribution in [1.82, 2.24) is 4.98 Å². The van der Waals surface area contributed by atoms with Crippen molar-refractivity contribution in [1.29, 1.82) is 0 Å². The number of carbonyl (C=O) groups is 2. The molecular formula is C26H20BrF8N3O2. The lowest BCUT2D eigenvalue weighted by Crippen LogP contribution is -2.50. The second kappa shape index (κ2) is 11.1. The molecule has 1 heterocycles. The van der Waals surface area contributed by atoms with Gasteiger partial charge in [0.1, 0.15) is 0 Å². The maximum atomic E-state index is 15.5. The minimum Gasteiger partial charge on any atom is -0.310 e. The van der Waals surface area contributed by atoms with E-state index in [0.29, 0.717) is 6.07 Å². The first-order valence-electron chi connectivity index (χ1n) is 11.4. The second-order valence-corrected chi connectivity index (χ2v) is 9.44. The van der Waals surface area contributed by atoms with Gasteiger partial charge in [-0.3, -0.25) is 14.6 Å². The summed E-state index contributed by atoms with van der Waals surface area (Å²) in [5.74, 6) is -2.79. The Bertz CT molecular complexity index is 1410. The molecule has 14 heteroatoms. The Morgan fingerprint density at radius 1 is 0.900 bits per heavy atom. The molecule has 0 N–H and O–H groups in total. The van der Waals surface area contributed by atoms with Crippen LogP contribution < -0.4 is 9.80 Å². The van der Waals surface area contributed by atoms with Gasteiger partial charge in [-0.25, -0.2) is 8.78 Å². The van der Waals surface area contributed by atoms with Crippen molar-refractivity contribution in [3.8, 4) is 0 Å². The van der Waals surface area contributed by atoms with Gasteiger partial charge in [-0.2, -0.15) is 26.3 Å². The number of rotatable bonds is 6. The minimum atomic E-state index is -6.33. The van der Waals surface area contributed by atoms with Crippen molar-refractivity contribution in [2.45, 2.75) is 31.4 Å². The van der Waals surface area contributed by atoms with E-state index in [1.807, 2.05) is 0 Å². The molecule has 1 aromatic heterocycles. The molecule has 0 unspecified atom stereocenters. The normalized spacial score (nSPS) is 12.3. The van der Waals surface area contributed by atoms with Crippen molar-refractivity contribution in [3.05, 3.63) is 87.4 Å². The third kappa shape index (κ3) is 5.40.